The van der Waals surface area contributed by atoms with Gasteiger partial charge in [-0.3, -0.25) is 9.59 Å². The van der Waals surface area contributed by atoms with Gasteiger partial charge < -0.3 is 10.2 Å². The molecule has 124 valence electrons. The molecule has 1 N–H and O–H groups in total. The molecule has 0 aliphatic carbocycles. The molecule has 0 bridgehead atoms. The Kier molecular flexibility index (Phi) is 4.73. The number of hydrogen-bond donors (Lipinski definition) is 1. The normalized spacial score (nSPS) is 17.2. The van der Waals surface area contributed by atoms with Crippen LogP contribution in [0.15, 0.2) is 42.5 Å². The SMILES string of the molecule is O=C(Nc1ccc(F)cc1)C1CC(=O)N(c2cccc(Cl)c2Cl)C1. The summed E-state index contributed by atoms with van der Waals surface area (Å²) in [6, 6.07) is 10.5. The van der Waals surface area contributed by atoms with Crippen LogP contribution in [0.1, 0.15) is 6.42 Å². The van der Waals surface area contributed by atoms with E-state index in [1.165, 1.54) is 29.2 Å². The lowest BCUT2D eigenvalue weighted by Gasteiger charge is -2.18. The molecule has 1 fully saturated rings. The molecule has 2 aromatic rings. The number of nitrogens with zero attached hydrogens (tertiary/aromatic N) is 1. The van der Waals surface area contributed by atoms with Crippen LogP contribution in [-0.4, -0.2) is 18.4 Å². The topological polar surface area (TPSA) is 49.4 Å². The summed E-state index contributed by atoms with van der Waals surface area (Å²) in [6.45, 7) is 0.214. The number of hydrogen-bond acceptors (Lipinski definition) is 2. The molecule has 1 atom stereocenters. The zero-order valence-electron chi connectivity index (χ0n) is 12.4. The second kappa shape index (κ2) is 6.79. The summed E-state index contributed by atoms with van der Waals surface area (Å²) in [6.07, 6.45) is 0.0792. The van der Waals surface area contributed by atoms with Gasteiger partial charge >= 0.3 is 0 Å². The third-order valence-corrected chi connectivity index (χ3v) is 4.64. The van der Waals surface area contributed by atoms with Crippen molar-refractivity contribution in [3.63, 3.8) is 0 Å². The monoisotopic (exact) mass is 366 g/mol. The third-order valence-electron chi connectivity index (χ3n) is 3.83. The average Bonchev–Trinajstić information content (AvgIpc) is 2.94. The van der Waals surface area contributed by atoms with Crippen molar-refractivity contribution < 1.29 is 14.0 Å². The van der Waals surface area contributed by atoms with E-state index < -0.39 is 5.92 Å². The quantitative estimate of drug-likeness (QED) is 0.887. The summed E-state index contributed by atoms with van der Waals surface area (Å²) in [5, 5.41) is 3.32. The summed E-state index contributed by atoms with van der Waals surface area (Å²) in [5.41, 5.74) is 0.972. The Bertz CT molecular complexity index is 796. The fraction of sp³-hybridized carbons (Fsp3) is 0.176. The van der Waals surface area contributed by atoms with Gasteiger partial charge in [0.2, 0.25) is 11.8 Å². The Morgan fingerprint density at radius 1 is 1.17 bits per heavy atom. The zero-order valence-corrected chi connectivity index (χ0v) is 13.9. The van der Waals surface area contributed by atoms with Crippen molar-refractivity contribution in [1.82, 2.24) is 0 Å². The molecule has 1 aliphatic rings. The molecule has 1 aliphatic heterocycles. The average molecular weight is 367 g/mol. The summed E-state index contributed by atoms with van der Waals surface area (Å²) >= 11 is 12.1. The maximum atomic E-state index is 12.9. The number of benzene rings is 2. The van der Waals surface area contributed by atoms with Gasteiger partial charge in [0.1, 0.15) is 5.82 Å². The van der Waals surface area contributed by atoms with Crippen LogP contribution in [0.4, 0.5) is 15.8 Å². The lowest BCUT2D eigenvalue weighted by molar-refractivity contribution is -0.122. The Hall–Kier alpha value is -2.11. The van der Waals surface area contributed by atoms with Gasteiger partial charge in [0.15, 0.2) is 0 Å². The first-order chi connectivity index (χ1) is 11.5. The standard InChI is InChI=1S/C17H13Cl2FN2O2/c18-13-2-1-3-14(16(13)19)22-9-10(8-15(22)23)17(24)21-12-6-4-11(20)5-7-12/h1-7,10H,8-9H2,(H,21,24). The molecule has 1 saturated heterocycles. The lowest BCUT2D eigenvalue weighted by atomic mass is 10.1. The molecule has 4 nitrogen and oxygen atoms in total. The van der Waals surface area contributed by atoms with Gasteiger partial charge in [0.05, 0.1) is 21.7 Å². The van der Waals surface area contributed by atoms with E-state index in [-0.39, 0.29) is 35.6 Å². The van der Waals surface area contributed by atoms with E-state index in [1.54, 1.807) is 18.2 Å². The van der Waals surface area contributed by atoms with Gasteiger partial charge in [-0.1, -0.05) is 29.3 Å². The summed E-state index contributed by atoms with van der Waals surface area (Å²) in [5.74, 6) is -1.39. The van der Waals surface area contributed by atoms with Crippen molar-refractivity contribution in [2.75, 3.05) is 16.8 Å². The minimum absolute atomic E-state index is 0.0792. The molecular weight excluding hydrogens is 354 g/mol. The van der Waals surface area contributed by atoms with Crippen LogP contribution in [0.3, 0.4) is 0 Å². The maximum Gasteiger partial charge on any atom is 0.229 e. The van der Waals surface area contributed by atoms with E-state index >= 15 is 0 Å². The zero-order chi connectivity index (χ0) is 17.3. The largest absolute Gasteiger partial charge is 0.326 e. The van der Waals surface area contributed by atoms with Gasteiger partial charge in [-0.05, 0) is 36.4 Å². The second-order valence-electron chi connectivity index (χ2n) is 5.47. The van der Waals surface area contributed by atoms with Crippen LogP contribution in [-0.2, 0) is 9.59 Å². The molecule has 24 heavy (non-hydrogen) atoms. The molecule has 1 heterocycles. The maximum absolute atomic E-state index is 12.9. The number of halogens is 3. The highest BCUT2D eigenvalue weighted by Crippen LogP contribution is 2.35. The van der Waals surface area contributed by atoms with Gasteiger partial charge in [-0.25, -0.2) is 4.39 Å². The minimum Gasteiger partial charge on any atom is -0.326 e. The Morgan fingerprint density at radius 2 is 1.88 bits per heavy atom. The van der Waals surface area contributed by atoms with Crippen LogP contribution < -0.4 is 10.2 Å². The molecule has 7 heteroatoms. The number of amides is 2. The molecular formula is C17H13Cl2FN2O2. The predicted molar refractivity (Wildman–Crippen MR) is 92.0 cm³/mol. The molecule has 0 radical (unpaired) electrons. The Morgan fingerprint density at radius 3 is 2.58 bits per heavy atom. The summed E-state index contributed by atoms with van der Waals surface area (Å²) < 4.78 is 12.9. The first-order valence-electron chi connectivity index (χ1n) is 7.26. The van der Waals surface area contributed by atoms with Gasteiger partial charge in [-0.15, -0.1) is 0 Å². The number of carbonyl (C=O) groups excluding carboxylic acids is 2. The summed E-state index contributed by atoms with van der Waals surface area (Å²) in [4.78, 5) is 26.0. The molecule has 0 aromatic heterocycles. The van der Waals surface area contributed by atoms with E-state index in [4.69, 9.17) is 23.2 Å². The van der Waals surface area contributed by atoms with E-state index in [9.17, 15) is 14.0 Å². The molecule has 2 amide bonds. The highest BCUT2D eigenvalue weighted by molar-refractivity contribution is 6.44. The minimum atomic E-state index is -0.516. The van der Waals surface area contributed by atoms with Gasteiger partial charge in [-0.2, -0.15) is 0 Å². The highest BCUT2D eigenvalue weighted by atomic mass is 35.5. The Balaban J connectivity index is 1.73. The van der Waals surface area contributed by atoms with E-state index in [0.29, 0.717) is 16.4 Å². The predicted octanol–water partition coefficient (Wildman–Crippen LogP) is 4.12. The number of rotatable bonds is 3. The Labute approximate surface area is 148 Å². The number of carbonyl (C=O) groups is 2. The molecule has 1 unspecified atom stereocenters. The molecule has 0 saturated carbocycles. The van der Waals surface area contributed by atoms with Crippen molar-refractivity contribution in [2.24, 2.45) is 5.92 Å². The van der Waals surface area contributed by atoms with Crippen molar-refractivity contribution in [2.45, 2.75) is 6.42 Å². The number of anilines is 2. The lowest BCUT2D eigenvalue weighted by Crippen LogP contribution is -2.28. The molecule has 2 aromatic carbocycles. The van der Waals surface area contributed by atoms with Crippen molar-refractivity contribution in [1.29, 1.82) is 0 Å². The first-order valence-corrected chi connectivity index (χ1v) is 8.02. The van der Waals surface area contributed by atoms with E-state index in [0.717, 1.165) is 0 Å². The number of nitrogens with one attached hydrogen (secondary N) is 1. The van der Waals surface area contributed by atoms with Crippen LogP contribution in [0.5, 0.6) is 0 Å². The smallest absolute Gasteiger partial charge is 0.229 e. The van der Waals surface area contributed by atoms with Crippen LogP contribution >= 0.6 is 23.2 Å². The van der Waals surface area contributed by atoms with E-state index in [1.807, 2.05) is 0 Å². The van der Waals surface area contributed by atoms with Crippen molar-refractivity contribution >= 4 is 46.4 Å². The molecule has 3 rings (SSSR count). The van der Waals surface area contributed by atoms with E-state index in [2.05, 4.69) is 5.32 Å². The first kappa shape index (κ1) is 16.7. The second-order valence-corrected chi connectivity index (χ2v) is 6.26. The van der Waals surface area contributed by atoms with Crippen LogP contribution in [0.2, 0.25) is 10.0 Å². The van der Waals surface area contributed by atoms with Gasteiger partial charge in [0, 0.05) is 18.7 Å². The fourth-order valence-electron chi connectivity index (χ4n) is 2.59. The van der Waals surface area contributed by atoms with Crippen LogP contribution in [0, 0.1) is 11.7 Å². The van der Waals surface area contributed by atoms with Crippen LogP contribution in [0.25, 0.3) is 0 Å². The van der Waals surface area contributed by atoms with Crippen molar-refractivity contribution in [3.05, 3.63) is 58.3 Å². The highest BCUT2D eigenvalue weighted by Gasteiger charge is 2.36. The molecule has 0 spiro atoms. The van der Waals surface area contributed by atoms with Gasteiger partial charge in [0.25, 0.3) is 0 Å². The summed E-state index contributed by atoms with van der Waals surface area (Å²) in [7, 11) is 0. The third kappa shape index (κ3) is 3.37. The fourth-order valence-corrected chi connectivity index (χ4v) is 2.99. The van der Waals surface area contributed by atoms with Crippen molar-refractivity contribution in [3.8, 4) is 0 Å².